The fraction of sp³-hybridized carbons (Fsp3) is 0.100. The molecule has 0 saturated carbocycles. The summed E-state index contributed by atoms with van der Waals surface area (Å²) in [6.07, 6.45) is 1.52. The Labute approximate surface area is 85.2 Å². The molecule has 0 aliphatic carbocycles. The first-order valence-electron chi connectivity index (χ1n) is 4.32. The number of aromatic nitrogens is 2. The van der Waals surface area contributed by atoms with Crippen LogP contribution in [0.1, 0.15) is 0 Å². The number of anilines is 1. The molecule has 1 aromatic carbocycles. The highest BCUT2D eigenvalue weighted by molar-refractivity contribution is 5.61. The Balaban J connectivity index is 2.55. The van der Waals surface area contributed by atoms with E-state index in [0.717, 1.165) is 12.1 Å². The summed E-state index contributed by atoms with van der Waals surface area (Å²) < 4.78 is 27.3. The van der Waals surface area contributed by atoms with Crippen LogP contribution in [0.15, 0.2) is 24.4 Å². The van der Waals surface area contributed by atoms with Crippen molar-refractivity contribution in [2.45, 2.75) is 0 Å². The van der Waals surface area contributed by atoms with Crippen LogP contribution in [0, 0.1) is 11.6 Å². The molecule has 0 aliphatic rings. The number of rotatable bonds is 1. The molecule has 0 radical (unpaired) electrons. The standard InChI is InChI=1S/C10H9F2N3/c1-15-9(5-14-10(15)13)6-2-3-7(11)8(12)4-6/h2-5H,1H3,(H2,13,14). The zero-order chi connectivity index (χ0) is 11.0. The van der Waals surface area contributed by atoms with Gasteiger partial charge in [0.15, 0.2) is 17.6 Å². The van der Waals surface area contributed by atoms with E-state index >= 15 is 0 Å². The van der Waals surface area contributed by atoms with Crippen molar-refractivity contribution in [3.63, 3.8) is 0 Å². The molecule has 1 aromatic heterocycles. The number of hydrogen-bond donors (Lipinski definition) is 1. The number of hydrogen-bond acceptors (Lipinski definition) is 2. The van der Waals surface area contributed by atoms with Crippen molar-refractivity contribution in [1.82, 2.24) is 9.55 Å². The van der Waals surface area contributed by atoms with Crippen LogP contribution in [0.2, 0.25) is 0 Å². The van der Waals surface area contributed by atoms with E-state index in [9.17, 15) is 8.78 Å². The van der Waals surface area contributed by atoms with Gasteiger partial charge in [0.05, 0.1) is 11.9 Å². The summed E-state index contributed by atoms with van der Waals surface area (Å²) in [5.41, 5.74) is 6.72. The van der Waals surface area contributed by atoms with E-state index in [2.05, 4.69) is 4.98 Å². The molecule has 2 N–H and O–H groups in total. The van der Waals surface area contributed by atoms with Gasteiger partial charge in [-0.2, -0.15) is 0 Å². The van der Waals surface area contributed by atoms with Gasteiger partial charge in [-0.3, -0.25) is 0 Å². The summed E-state index contributed by atoms with van der Waals surface area (Å²) in [6.45, 7) is 0. The maximum Gasteiger partial charge on any atom is 0.200 e. The van der Waals surface area contributed by atoms with Gasteiger partial charge >= 0.3 is 0 Å². The van der Waals surface area contributed by atoms with Gasteiger partial charge < -0.3 is 10.3 Å². The van der Waals surface area contributed by atoms with Gasteiger partial charge in [-0.05, 0) is 18.2 Å². The first kappa shape index (κ1) is 9.64. The quantitative estimate of drug-likeness (QED) is 0.780. The summed E-state index contributed by atoms with van der Waals surface area (Å²) in [5.74, 6) is -1.42. The second kappa shape index (κ2) is 3.34. The van der Waals surface area contributed by atoms with Crippen molar-refractivity contribution >= 4 is 5.95 Å². The zero-order valence-corrected chi connectivity index (χ0v) is 8.04. The van der Waals surface area contributed by atoms with Gasteiger partial charge in [0, 0.05) is 12.6 Å². The number of nitrogen functional groups attached to an aromatic ring is 1. The molecule has 0 atom stereocenters. The third-order valence-electron chi connectivity index (χ3n) is 2.24. The minimum absolute atomic E-state index is 0.328. The SMILES string of the molecule is Cn1c(-c2ccc(F)c(F)c2)cnc1N. The van der Waals surface area contributed by atoms with Gasteiger partial charge in [0.1, 0.15) is 0 Å². The third kappa shape index (κ3) is 1.56. The minimum Gasteiger partial charge on any atom is -0.369 e. The first-order chi connectivity index (χ1) is 7.09. The molecule has 2 rings (SSSR count). The van der Waals surface area contributed by atoms with E-state index in [1.54, 1.807) is 11.6 Å². The third-order valence-corrected chi connectivity index (χ3v) is 2.24. The molecule has 0 bridgehead atoms. The first-order valence-corrected chi connectivity index (χ1v) is 4.32. The highest BCUT2D eigenvalue weighted by Crippen LogP contribution is 2.22. The Morgan fingerprint density at radius 1 is 1.27 bits per heavy atom. The largest absolute Gasteiger partial charge is 0.369 e. The molecule has 3 nitrogen and oxygen atoms in total. The second-order valence-electron chi connectivity index (χ2n) is 3.19. The Bertz CT molecular complexity index is 505. The predicted octanol–water partition coefficient (Wildman–Crippen LogP) is 1.95. The summed E-state index contributed by atoms with van der Waals surface area (Å²) in [5, 5.41) is 0. The molecular weight excluding hydrogens is 200 g/mol. The molecule has 0 aliphatic heterocycles. The molecule has 2 aromatic rings. The monoisotopic (exact) mass is 209 g/mol. The van der Waals surface area contributed by atoms with Crippen LogP contribution in [0.3, 0.4) is 0 Å². The highest BCUT2D eigenvalue weighted by atomic mass is 19.2. The van der Waals surface area contributed by atoms with Crippen LogP contribution in [-0.4, -0.2) is 9.55 Å². The normalized spacial score (nSPS) is 10.6. The molecule has 0 spiro atoms. The topological polar surface area (TPSA) is 43.8 Å². The lowest BCUT2D eigenvalue weighted by Crippen LogP contribution is -1.98. The summed E-state index contributed by atoms with van der Waals surface area (Å²) in [4.78, 5) is 3.87. The maximum absolute atomic E-state index is 13.0. The van der Waals surface area contributed by atoms with Crippen molar-refractivity contribution < 1.29 is 8.78 Å². The van der Waals surface area contributed by atoms with Crippen molar-refractivity contribution in [1.29, 1.82) is 0 Å². The highest BCUT2D eigenvalue weighted by Gasteiger charge is 2.08. The Morgan fingerprint density at radius 2 is 2.00 bits per heavy atom. The van der Waals surface area contributed by atoms with Crippen LogP contribution in [0.4, 0.5) is 14.7 Å². The lowest BCUT2D eigenvalue weighted by molar-refractivity contribution is 0.509. The van der Waals surface area contributed by atoms with E-state index in [-0.39, 0.29) is 0 Å². The fourth-order valence-corrected chi connectivity index (χ4v) is 1.35. The number of imidazole rings is 1. The second-order valence-corrected chi connectivity index (χ2v) is 3.19. The van der Waals surface area contributed by atoms with Crippen molar-refractivity contribution in [2.24, 2.45) is 7.05 Å². The number of nitrogens with two attached hydrogens (primary N) is 1. The van der Waals surface area contributed by atoms with Crippen LogP contribution in [0.5, 0.6) is 0 Å². The number of halogens is 2. The van der Waals surface area contributed by atoms with E-state index in [4.69, 9.17) is 5.73 Å². The average Bonchev–Trinajstić information content (AvgIpc) is 2.53. The van der Waals surface area contributed by atoms with E-state index in [1.165, 1.54) is 12.3 Å². The lowest BCUT2D eigenvalue weighted by atomic mass is 10.1. The minimum atomic E-state index is -0.882. The van der Waals surface area contributed by atoms with Crippen LogP contribution in [-0.2, 0) is 7.05 Å². The lowest BCUT2D eigenvalue weighted by Gasteiger charge is -2.03. The smallest absolute Gasteiger partial charge is 0.200 e. The molecule has 15 heavy (non-hydrogen) atoms. The Kier molecular flexibility index (Phi) is 2.15. The van der Waals surface area contributed by atoms with Gasteiger partial charge in [0.25, 0.3) is 0 Å². The number of benzene rings is 1. The Hall–Kier alpha value is -1.91. The fourth-order valence-electron chi connectivity index (χ4n) is 1.35. The van der Waals surface area contributed by atoms with E-state index < -0.39 is 11.6 Å². The maximum atomic E-state index is 13.0. The molecular formula is C10H9F2N3. The van der Waals surface area contributed by atoms with Crippen LogP contribution in [0.25, 0.3) is 11.3 Å². The van der Waals surface area contributed by atoms with Crippen molar-refractivity contribution in [3.05, 3.63) is 36.0 Å². The Morgan fingerprint density at radius 3 is 2.53 bits per heavy atom. The molecule has 0 fully saturated rings. The van der Waals surface area contributed by atoms with Crippen molar-refractivity contribution in [2.75, 3.05) is 5.73 Å². The molecule has 1 heterocycles. The molecule has 5 heteroatoms. The summed E-state index contributed by atoms with van der Waals surface area (Å²) in [7, 11) is 1.71. The van der Waals surface area contributed by atoms with Gasteiger partial charge in [0.2, 0.25) is 0 Å². The van der Waals surface area contributed by atoms with Gasteiger partial charge in [-0.25, -0.2) is 13.8 Å². The predicted molar refractivity (Wildman–Crippen MR) is 53.0 cm³/mol. The van der Waals surface area contributed by atoms with Crippen LogP contribution < -0.4 is 5.73 Å². The van der Waals surface area contributed by atoms with E-state index in [0.29, 0.717) is 17.2 Å². The molecule has 0 saturated heterocycles. The van der Waals surface area contributed by atoms with Gasteiger partial charge in [-0.1, -0.05) is 0 Å². The average molecular weight is 209 g/mol. The summed E-state index contributed by atoms with van der Waals surface area (Å²) in [6, 6.07) is 3.68. The molecule has 78 valence electrons. The summed E-state index contributed by atoms with van der Waals surface area (Å²) >= 11 is 0. The number of nitrogens with zero attached hydrogens (tertiary/aromatic N) is 2. The van der Waals surface area contributed by atoms with Crippen LogP contribution >= 0.6 is 0 Å². The zero-order valence-electron chi connectivity index (χ0n) is 8.04. The molecule has 0 amide bonds. The van der Waals surface area contributed by atoms with Gasteiger partial charge in [-0.15, -0.1) is 0 Å². The molecule has 0 unspecified atom stereocenters. The van der Waals surface area contributed by atoms with Crippen molar-refractivity contribution in [3.8, 4) is 11.3 Å². The van der Waals surface area contributed by atoms with E-state index in [1.807, 2.05) is 0 Å².